The van der Waals surface area contributed by atoms with Crippen LogP contribution in [0.25, 0.3) is 11.1 Å². The van der Waals surface area contributed by atoms with Gasteiger partial charge in [0, 0.05) is 11.8 Å². The number of hydrogen-bond donors (Lipinski definition) is 1. The van der Waals surface area contributed by atoms with Gasteiger partial charge in [0.15, 0.2) is 5.82 Å². The van der Waals surface area contributed by atoms with E-state index in [4.69, 9.17) is 0 Å². The molecule has 0 radical (unpaired) electrons. The molecule has 3 nitrogen and oxygen atoms in total. The topological polar surface area (TPSA) is 42.1 Å². The normalized spacial score (nSPS) is 11.4. The molecule has 0 amide bonds. The summed E-state index contributed by atoms with van der Waals surface area (Å²) in [5.74, 6) is -1.43. The summed E-state index contributed by atoms with van der Waals surface area (Å²) in [5.41, 5.74) is -0.368. The summed E-state index contributed by atoms with van der Waals surface area (Å²) in [6.07, 6.45) is -3.59. The van der Waals surface area contributed by atoms with Crippen molar-refractivity contribution in [1.29, 1.82) is 0 Å². The zero-order valence-electron chi connectivity index (χ0n) is 9.29. The number of H-pyrrole nitrogens is 1. The van der Waals surface area contributed by atoms with Gasteiger partial charge in [0.1, 0.15) is 5.75 Å². The Bertz CT molecular complexity index is 649. The molecule has 1 aromatic carbocycles. The molecule has 0 unspecified atom stereocenters. The van der Waals surface area contributed by atoms with Crippen molar-refractivity contribution in [2.75, 3.05) is 0 Å². The molecule has 2 aromatic rings. The van der Waals surface area contributed by atoms with Gasteiger partial charge >= 0.3 is 6.36 Å². The third kappa shape index (κ3) is 3.34. The molecule has 1 N–H and O–H groups in total. The molecular formula is C12H7F4NO2. The first-order valence-electron chi connectivity index (χ1n) is 5.09. The van der Waals surface area contributed by atoms with Crippen LogP contribution in [0.1, 0.15) is 0 Å². The molecule has 0 aliphatic heterocycles. The maximum Gasteiger partial charge on any atom is 0.573 e. The standard InChI is InChI=1S/C12H7F4NO2/c13-10-5-8(6-17-11(10)18)7-2-1-3-9(4-7)19-12(14,15)16/h1-6H,(H,17,18). The van der Waals surface area contributed by atoms with Crippen molar-refractivity contribution in [3.05, 3.63) is 52.7 Å². The van der Waals surface area contributed by atoms with Gasteiger partial charge < -0.3 is 9.72 Å². The minimum Gasteiger partial charge on any atom is -0.406 e. The molecule has 19 heavy (non-hydrogen) atoms. The second-order valence-electron chi connectivity index (χ2n) is 3.64. The van der Waals surface area contributed by atoms with E-state index >= 15 is 0 Å². The first-order chi connectivity index (χ1) is 8.85. The Kier molecular flexibility index (Phi) is 3.28. The molecule has 0 saturated heterocycles. The molecule has 0 aliphatic carbocycles. The minimum absolute atomic E-state index is 0.240. The highest BCUT2D eigenvalue weighted by molar-refractivity contribution is 5.64. The van der Waals surface area contributed by atoms with E-state index in [9.17, 15) is 22.4 Å². The van der Waals surface area contributed by atoms with Crippen molar-refractivity contribution in [3.63, 3.8) is 0 Å². The Hall–Kier alpha value is -2.31. The Morgan fingerprint density at radius 2 is 1.84 bits per heavy atom. The van der Waals surface area contributed by atoms with Crippen molar-refractivity contribution < 1.29 is 22.3 Å². The summed E-state index contributed by atoms with van der Waals surface area (Å²) in [4.78, 5) is 13.0. The van der Waals surface area contributed by atoms with Crippen LogP contribution in [0.4, 0.5) is 17.6 Å². The Labute approximate surface area is 104 Å². The molecule has 0 spiro atoms. The summed E-state index contributed by atoms with van der Waals surface area (Å²) < 4.78 is 53.0. The summed E-state index contributed by atoms with van der Waals surface area (Å²) in [7, 11) is 0. The molecule has 2 rings (SSSR count). The molecule has 0 saturated carbocycles. The number of aromatic nitrogens is 1. The molecule has 1 heterocycles. The fourth-order valence-electron chi connectivity index (χ4n) is 1.50. The van der Waals surface area contributed by atoms with Crippen LogP contribution in [0, 0.1) is 5.82 Å². The average molecular weight is 273 g/mol. The molecule has 0 bridgehead atoms. The smallest absolute Gasteiger partial charge is 0.406 e. The molecule has 0 fully saturated rings. The van der Waals surface area contributed by atoms with E-state index in [-0.39, 0.29) is 11.1 Å². The SMILES string of the molecule is O=c1[nH]cc(-c2cccc(OC(F)(F)F)c2)cc1F. The largest absolute Gasteiger partial charge is 0.573 e. The fraction of sp³-hybridized carbons (Fsp3) is 0.0833. The van der Waals surface area contributed by atoms with E-state index in [1.165, 1.54) is 18.3 Å². The van der Waals surface area contributed by atoms with Crippen molar-refractivity contribution >= 4 is 0 Å². The number of benzene rings is 1. The van der Waals surface area contributed by atoms with Crippen molar-refractivity contribution in [3.8, 4) is 16.9 Å². The third-order valence-corrected chi connectivity index (χ3v) is 2.26. The van der Waals surface area contributed by atoms with E-state index in [1.807, 2.05) is 0 Å². The van der Waals surface area contributed by atoms with Gasteiger partial charge in [-0.3, -0.25) is 4.79 Å². The summed E-state index contributed by atoms with van der Waals surface area (Å²) >= 11 is 0. The lowest BCUT2D eigenvalue weighted by Crippen LogP contribution is -2.17. The monoisotopic (exact) mass is 273 g/mol. The van der Waals surface area contributed by atoms with Crippen LogP contribution in [-0.2, 0) is 0 Å². The lowest BCUT2D eigenvalue weighted by Gasteiger charge is -2.10. The maximum absolute atomic E-state index is 13.1. The predicted octanol–water partition coefficient (Wildman–Crippen LogP) is 3.08. The van der Waals surface area contributed by atoms with Gasteiger partial charge in [-0.05, 0) is 23.8 Å². The number of aromatic amines is 1. The minimum atomic E-state index is -4.80. The number of pyridine rings is 1. The molecule has 1 aromatic heterocycles. The second-order valence-corrected chi connectivity index (χ2v) is 3.64. The lowest BCUT2D eigenvalue weighted by atomic mass is 10.1. The molecule has 100 valence electrons. The zero-order chi connectivity index (χ0) is 14.0. The van der Waals surface area contributed by atoms with Gasteiger partial charge in [-0.25, -0.2) is 4.39 Å². The Balaban J connectivity index is 2.37. The van der Waals surface area contributed by atoms with Crippen molar-refractivity contribution in [2.24, 2.45) is 0 Å². The highest BCUT2D eigenvalue weighted by Gasteiger charge is 2.31. The number of ether oxygens (including phenoxy) is 1. The first-order valence-corrected chi connectivity index (χ1v) is 5.09. The van der Waals surface area contributed by atoms with Crippen LogP contribution in [0.2, 0.25) is 0 Å². The molecule has 0 aliphatic rings. The van der Waals surface area contributed by atoms with E-state index in [0.717, 1.165) is 18.2 Å². The number of hydrogen-bond acceptors (Lipinski definition) is 2. The van der Waals surface area contributed by atoms with Gasteiger partial charge in [-0.2, -0.15) is 0 Å². The average Bonchev–Trinajstić information content (AvgIpc) is 2.31. The van der Waals surface area contributed by atoms with Crippen LogP contribution in [0.15, 0.2) is 41.3 Å². The van der Waals surface area contributed by atoms with E-state index in [0.29, 0.717) is 0 Å². The highest BCUT2D eigenvalue weighted by Crippen LogP contribution is 2.27. The van der Waals surface area contributed by atoms with E-state index in [1.54, 1.807) is 0 Å². The maximum atomic E-state index is 13.1. The second kappa shape index (κ2) is 4.75. The van der Waals surface area contributed by atoms with Gasteiger partial charge in [0.05, 0.1) is 0 Å². The first kappa shape index (κ1) is 13.1. The number of halogens is 4. The third-order valence-electron chi connectivity index (χ3n) is 2.26. The van der Waals surface area contributed by atoms with Gasteiger partial charge in [0.2, 0.25) is 0 Å². The van der Waals surface area contributed by atoms with Crippen LogP contribution >= 0.6 is 0 Å². The van der Waals surface area contributed by atoms with Crippen LogP contribution in [0.3, 0.4) is 0 Å². The van der Waals surface area contributed by atoms with Crippen LogP contribution in [0.5, 0.6) is 5.75 Å². The lowest BCUT2D eigenvalue weighted by molar-refractivity contribution is -0.274. The number of nitrogens with one attached hydrogen (secondary N) is 1. The predicted molar refractivity (Wildman–Crippen MR) is 59.1 cm³/mol. The Morgan fingerprint density at radius 3 is 2.47 bits per heavy atom. The summed E-state index contributed by atoms with van der Waals surface area (Å²) in [6, 6.07) is 5.96. The number of rotatable bonds is 2. The quantitative estimate of drug-likeness (QED) is 0.854. The van der Waals surface area contributed by atoms with Crippen LogP contribution < -0.4 is 10.3 Å². The zero-order valence-corrected chi connectivity index (χ0v) is 9.29. The highest BCUT2D eigenvalue weighted by atomic mass is 19.4. The summed E-state index contributed by atoms with van der Waals surface area (Å²) in [6.45, 7) is 0. The molecule has 7 heteroatoms. The van der Waals surface area contributed by atoms with Crippen molar-refractivity contribution in [1.82, 2.24) is 4.98 Å². The fourth-order valence-corrected chi connectivity index (χ4v) is 1.50. The van der Waals surface area contributed by atoms with Crippen LogP contribution in [-0.4, -0.2) is 11.3 Å². The summed E-state index contributed by atoms with van der Waals surface area (Å²) in [5, 5.41) is 0. The van der Waals surface area contributed by atoms with Gasteiger partial charge in [0.25, 0.3) is 5.56 Å². The molecular weight excluding hydrogens is 266 g/mol. The molecule has 0 atom stereocenters. The van der Waals surface area contributed by atoms with Crippen molar-refractivity contribution in [2.45, 2.75) is 6.36 Å². The van der Waals surface area contributed by atoms with E-state index in [2.05, 4.69) is 9.72 Å². The van der Waals surface area contributed by atoms with E-state index < -0.39 is 23.5 Å². The number of alkyl halides is 3. The Morgan fingerprint density at radius 1 is 1.11 bits per heavy atom. The van der Waals surface area contributed by atoms with Gasteiger partial charge in [-0.15, -0.1) is 13.2 Å². The van der Waals surface area contributed by atoms with Gasteiger partial charge in [-0.1, -0.05) is 12.1 Å².